The molecule has 4 heteroatoms. The summed E-state index contributed by atoms with van der Waals surface area (Å²) in [6.45, 7) is 0.375. The van der Waals surface area contributed by atoms with Gasteiger partial charge in [-0.2, -0.15) is 0 Å². The van der Waals surface area contributed by atoms with E-state index in [0.29, 0.717) is 21.6 Å². The maximum Gasteiger partial charge on any atom is 0.145 e. The molecule has 0 aliphatic rings. The quantitative estimate of drug-likeness (QED) is 0.875. The highest BCUT2D eigenvalue weighted by Crippen LogP contribution is 2.30. The predicted octanol–water partition coefficient (Wildman–Crippen LogP) is 4.37. The molecule has 0 aliphatic heterocycles. The molecular weight excluding hydrogens is 305 g/mol. The second-order valence-electron chi connectivity index (χ2n) is 3.61. The van der Waals surface area contributed by atoms with E-state index in [-0.39, 0.29) is 5.82 Å². The first-order chi connectivity index (χ1) is 8.13. The van der Waals surface area contributed by atoms with Crippen LogP contribution in [0.15, 0.2) is 40.9 Å². The zero-order valence-electron chi connectivity index (χ0n) is 8.88. The first-order valence-electron chi connectivity index (χ1n) is 5.06. The molecule has 2 aromatic rings. The predicted molar refractivity (Wildman–Crippen MR) is 72.4 cm³/mol. The van der Waals surface area contributed by atoms with Crippen molar-refractivity contribution in [3.8, 4) is 11.1 Å². The van der Waals surface area contributed by atoms with Gasteiger partial charge in [-0.25, -0.2) is 4.39 Å². The van der Waals surface area contributed by atoms with Crippen LogP contribution in [0.5, 0.6) is 0 Å². The average Bonchev–Trinajstić information content (AvgIpc) is 2.32. The Hall–Kier alpha value is -0.900. The van der Waals surface area contributed by atoms with Gasteiger partial charge in [0.15, 0.2) is 0 Å². The summed E-state index contributed by atoms with van der Waals surface area (Å²) in [5, 5.41) is 0.560. The summed E-state index contributed by atoms with van der Waals surface area (Å²) in [6, 6.07) is 10.5. The van der Waals surface area contributed by atoms with Crippen LogP contribution in [0.3, 0.4) is 0 Å². The van der Waals surface area contributed by atoms with Crippen LogP contribution in [0.25, 0.3) is 11.1 Å². The minimum atomic E-state index is -0.288. The van der Waals surface area contributed by atoms with E-state index < -0.39 is 0 Å². The number of rotatable bonds is 2. The van der Waals surface area contributed by atoms with Crippen LogP contribution in [-0.4, -0.2) is 0 Å². The summed E-state index contributed by atoms with van der Waals surface area (Å²) in [6.07, 6.45) is 0. The molecule has 17 heavy (non-hydrogen) atoms. The molecule has 0 saturated carbocycles. The first-order valence-corrected chi connectivity index (χ1v) is 6.23. The van der Waals surface area contributed by atoms with E-state index in [1.807, 2.05) is 12.1 Å². The van der Waals surface area contributed by atoms with Gasteiger partial charge >= 0.3 is 0 Å². The summed E-state index contributed by atoms with van der Waals surface area (Å²) >= 11 is 9.22. The number of benzene rings is 2. The largest absolute Gasteiger partial charge is 0.326 e. The molecule has 0 heterocycles. The van der Waals surface area contributed by atoms with Crippen LogP contribution in [0.1, 0.15) is 5.56 Å². The molecule has 1 nitrogen and oxygen atoms in total. The number of halogens is 3. The van der Waals surface area contributed by atoms with E-state index in [4.69, 9.17) is 17.3 Å². The van der Waals surface area contributed by atoms with Gasteiger partial charge in [0.25, 0.3) is 0 Å². The Morgan fingerprint density at radius 3 is 2.65 bits per heavy atom. The molecule has 2 rings (SSSR count). The average molecular weight is 315 g/mol. The van der Waals surface area contributed by atoms with Crippen molar-refractivity contribution in [1.29, 1.82) is 0 Å². The number of nitrogens with two attached hydrogens (primary N) is 1. The fourth-order valence-electron chi connectivity index (χ4n) is 1.61. The van der Waals surface area contributed by atoms with Gasteiger partial charge in [0, 0.05) is 17.1 Å². The SMILES string of the molecule is NCc1ccc(-c2cccc(Br)c2F)cc1Cl. The summed E-state index contributed by atoms with van der Waals surface area (Å²) in [4.78, 5) is 0. The van der Waals surface area contributed by atoms with Gasteiger partial charge in [0.05, 0.1) is 4.47 Å². The zero-order chi connectivity index (χ0) is 12.4. The van der Waals surface area contributed by atoms with Crippen LogP contribution in [-0.2, 0) is 6.54 Å². The van der Waals surface area contributed by atoms with Crippen LogP contribution in [0, 0.1) is 5.82 Å². The second kappa shape index (κ2) is 5.17. The third-order valence-electron chi connectivity index (χ3n) is 2.54. The van der Waals surface area contributed by atoms with Gasteiger partial charge in [-0.15, -0.1) is 0 Å². The van der Waals surface area contributed by atoms with Crippen molar-refractivity contribution in [2.75, 3.05) is 0 Å². The normalized spacial score (nSPS) is 10.6. The van der Waals surface area contributed by atoms with Gasteiger partial charge in [-0.05, 0) is 39.2 Å². The highest BCUT2D eigenvalue weighted by molar-refractivity contribution is 9.10. The summed E-state index contributed by atoms with van der Waals surface area (Å²) in [5.41, 5.74) is 7.64. The highest BCUT2D eigenvalue weighted by Gasteiger charge is 2.09. The van der Waals surface area contributed by atoms with Gasteiger partial charge in [-0.1, -0.05) is 35.9 Å². The van der Waals surface area contributed by atoms with E-state index in [2.05, 4.69) is 15.9 Å². The molecular formula is C13H10BrClFN. The van der Waals surface area contributed by atoms with Gasteiger partial charge in [0.1, 0.15) is 5.82 Å². The third-order valence-corrected chi connectivity index (χ3v) is 3.50. The van der Waals surface area contributed by atoms with Crippen molar-refractivity contribution in [1.82, 2.24) is 0 Å². The van der Waals surface area contributed by atoms with Crippen molar-refractivity contribution in [2.24, 2.45) is 5.73 Å². The Balaban J connectivity index is 2.54. The summed E-state index contributed by atoms with van der Waals surface area (Å²) in [5.74, 6) is -0.288. The highest BCUT2D eigenvalue weighted by atomic mass is 79.9. The third kappa shape index (κ3) is 2.51. The molecule has 0 aliphatic carbocycles. The monoisotopic (exact) mass is 313 g/mol. The summed E-state index contributed by atoms with van der Waals surface area (Å²) in [7, 11) is 0. The number of hydrogen-bond acceptors (Lipinski definition) is 1. The van der Waals surface area contributed by atoms with Crippen LogP contribution in [0.4, 0.5) is 4.39 Å². The molecule has 0 spiro atoms. The van der Waals surface area contributed by atoms with Crippen molar-refractivity contribution >= 4 is 27.5 Å². The molecule has 0 bridgehead atoms. The Labute approximate surface area is 113 Å². The zero-order valence-corrected chi connectivity index (χ0v) is 11.2. The summed E-state index contributed by atoms with van der Waals surface area (Å²) < 4.78 is 14.3. The van der Waals surface area contributed by atoms with E-state index in [0.717, 1.165) is 11.1 Å². The maximum atomic E-state index is 13.9. The minimum Gasteiger partial charge on any atom is -0.326 e. The fraction of sp³-hybridized carbons (Fsp3) is 0.0769. The Bertz CT molecular complexity index is 557. The molecule has 0 unspecified atom stereocenters. The Morgan fingerprint density at radius 1 is 1.24 bits per heavy atom. The molecule has 0 saturated heterocycles. The maximum absolute atomic E-state index is 13.9. The second-order valence-corrected chi connectivity index (χ2v) is 4.87. The van der Waals surface area contributed by atoms with Gasteiger partial charge in [-0.3, -0.25) is 0 Å². The van der Waals surface area contributed by atoms with Gasteiger partial charge in [0.2, 0.25) is 0 Å². The van der Waals surface area contributed by atoms with Crippen molar-refractivity contribution in [2.45, 2.75) is 6.54 Å². The van der Waals surface area contributed by atoms with Crippen molar-refractivity contribution in [3.05, 3.63) is 57.3 Å². The van der Waals surface area contributed by atoms with E-state index in [1.54, 1.807) is 24.3 Å². The standard InChI is InChI=1S/C13H10BrClFN/c14-11-3-1-2-10(13(11)16)8-4-5-9(7-17)12(15)6-8/h1-6H,7,17H2. The lowest BCUT2D eigenvalue weighted by Crippen LogP contribution is -1.97. The molecule has 2 aromatic carbocycles. The van der Waals surface area contributed by atoms with Gasteiger partial charge < -0.3 is 5.73 Å². The molecule has 0 amide bonds. The van der Waals surface area contributed by atoms with Crippen LogP contribution in [0.2, 0.25) is 5.02 Å². The lowest BCUT2D eigenvalue weighted by atomic mass is 10.0. The molecule has 0 fully saturated rings. The molecule has 0 aromatic heterocycles. The van der Waals surface area contributed by atoms with E-state index >= 15 is 0 Å². The minimum absolute atomic E-state index is 0.288. The lowest BCUT2D eigenvalue weighted by molar-refractivity contribution is 0.624. The van der Waals surface area contributed by atoms with Crippen molar-refractivity contribution < 1.29 is 4.39 Å². The van der Waals surface area contributed by atoms with Crippen LogP contribution >= 0.6 is 27.5 Å². The fourth-order valence-corrected chi connectivity index (χ4v) is 2.23. The molecule has 0 radical (unpaired) electrons. The molecule has 0 atom stereocenters. The Morgan fingerprint density at radius 2 is 2.00 bits per heavy atom. The molecule has 88 valence electrons. The smallest absolute Gasteiger partial charge is 0.145 e. The lowest BCUT2D eigenvalue weighted by Gasteiger charge is -2.07. The van der Waals surface area contributed by atoms with E-state index in [9.17, 15) is 4.39 Å². The van der Waals surface area contributed by atoms with E-state index in [1.165, 1.54) is 0 Å². The topological polar surface area (TPSA) is 26.0 Å². The first kappa shape index (κ1) is 12.6. The number of hydrogen-bond donors (Lipinski definition) is 1. The Kier molecular flexibility index (Phi) is 3.82. The van der Waals surface area contributed by atoms with Crippen LogP contribution < -0.4 is 5.73 Å². The molecule has 2 N–H and O–H groups in total. The van der Waals surface area contributed by atoms with Crippen molar-refractivity contribution in [3.63, 3.8) is 0 Å².